The topological polar surface area (TPSA) is 37.3 Å². The van der Waals surface area contributed by atoms with Crippen molar-refractivity contribution in [1.82, 2.24) is 0 Å². The smallest absolute Gasteiger partial charge is 0.153 e. The number of phenolic OH excluding ortho intramolecular Hbond substituents is 1. The molecule has 0 aliphatic rings. The molecule has 0 radical (unpaired) electrons. The molecule has 1 aromatic rings. The molecule has 58 valence electrons. The molecule has 1 rings (SSSR count). The molecule has 0 unspecified atom stereocenters. The first-order valence-corrected chi connectivity index (χ1v) is 3.41. The van der Waals surface area contributed by atoms with Crippen LogP contribution in [0.5, 0.6) is 5.75 Å². The van der Waals surface area contributed by atoms with Crippen molar-refractivity contribution in [3.63, 3.8) is 0 Å². The minimum absolute atomic E-state index is 0.0972. The first-order valence-electron chi connectivity index (χ1n) is 3.41. The van der Waals surface area contributed by atoms with Crippen molar-refractivity contribution in [2.24, 2.45) is 0 Å². The SMILES string of the molecule is Cc1ccc(C=O)c(O)c1C. The van der Waals surface area contributed by atoms with Crippen LogP contribution in [-0.2, 0) is 0 Å². The molecule has 0 saturated heterocycles. The number of carbonyl (C=O) groups excluding carboxylic acids is 1. The Morgan fingerprint density at radius 2 is 2.00 bits per heavy atom. The fraction of sp³-hybridized carbons (Fsp3) is 0.222. The van der Waals surface area contributed by atoms with Gasteiger partial charge in [-0.25, -0.2) is 0 Å². The molecular weight excluding hydrogens is 140 g/mol. The number of hydrogen-bond donors (Lipinski definition) is 1. The van der Waals surface area contributed by atoms with E-state index in [2.05, 4.69) is 0 Å². The maximum atomic E-state index is 10.3. The van der Waals surface area contributed by atoms with Gasteiger partial charge in [-0.05, 0) is 31.0 Å². The molecule has 11 heavy (non-hydrogen) atoms. The monoisotopic (exact) mass is 150 g/mol. The van der Waals surface area contributed by atoms with Crippen molar-refractivity contribution < 1.29 is 9.90 Å². The summed E-state index contributed by atoms with van der Waals surface area (Å²) in [6.45, 7) is 3.68. The number of aryl methyl sites for hydroxylation is 1. The van der Waals surface area contributed by atoms with Gasteiger partial charge in [0.2, 0.25) is 0 Å². The summed E-state index contributed by atoms with van der Waals surface area (Å²) in [5.74, 6) is 0.0972. The van der Waals surface area contributed by atoms with E-state index in [1.54, 1.807) is 13.0 Å². The van der Waals surface area contributed by atoms with E-state index < -0.39 is 0 Å². The van der Waals surface area contributed by atoms with Gasteiger partial charge >= 0.3 is 0 Å². The zero-order chi connectivity index (χ0) is 8.43. The van der Waals surface area contributed by atoms with Gasteiger partial charge in [0, 0.05) is 0 Å². The van der Waals surface area contributed by atoms with Crippen molar-refractivity contribution in [3.8, 4) is 5.75 Å². The summed E-state index contributed by atoms with van der Waals surface area (Å²) in [7, 11) is 0. The Hall–Kier alpha value is -1.31. The fourth-order valence-electron chi connectivity index (χ4n) is 0.917. The molecule has 2 heteroatoms. The number of benzene rings is 1. The van der Waals surface area contributed by atoms with Crippen molar-refractivity contribution in [3.05, 3.63) is 28.8 Å². The van der Waals surface area contributed by atoms with E-state index in [-0.39, 0.29) is 5.75 Å². The van der Waals surface area contributed by atoms with Gasteiger partial charge < -0.3 is 5.11 Å². The van der Waals surface area contributed by atoms with E-state index in [4.69, 9.17) is 0 Å². The number of carbonyl (C=O) groups is 1. The summed E-state index contributed by atoms with van der Waals surface area (Å²) in [5, 5.41) is 9.35. The lowest BCUT2D eigenvalue weighted by atomic mass is 10.1. The van der Waals surface area contributed by atoms with Gasteiger partial charge in [-0.3, -0.25) is 4.79 Å². The van der Waals surface area contributed by atoms with Gasteiger partial charge in [-0.15, -0.1) is 0 Å². The van der Waals surface area contributed by atoms with E-state index in [1.165, 1.54) is 0 Å². The standard InChI is InChI=1S/C9H10O2/c1-6-3-4-8(5-10)9(11)7(6)2/h3-5,11H,1-2H3. The summed E-state index contributed by atoms with van der Waals surface area (Å²) < 4.78 is 0. The summed E-state index contributed by atoms with van der Waals surface area (Å²) in [6.07, 6.45) is 0.655. The number of phenols is 1. The molecule has 0 aliphatic carbocycles. The average molecular weight is 150 g/mol. The van der Waals surface area contributed by atoms with Crippen molar-refractivity contribution in [2.75, 3.05) is 0 Å². The largest absolute Gasteiger partial charge is 0.507 e. The van der Waals surface area contributed by atoms with Gasteiger partial charge in [-0.1, -0.05) is 6.07 Å². The highest BCUT2D eigenvalue weighted by molar-refractivity contribution is 5.80. The zero-order valence-electron chi connectivity index (χ0n) is 6.59. The number of rotatable bonds is 1. The second-order valence-corrected chi connectivity index (χ2v) is 2.56. The fourth-order valence-corrected chi connectivity index (χ4v) is 0.917. The van der Waals surface area contributed by atoms with E-state index in [0.29, 0.717) is 11.8 Å². The minimum atomic E-state index is 0.0972. The van der Waals surface area contributed by atoms with Gasteiger partial charge in [0.15, 0.2) is 6.29 Å². The van der Waals surface area contributed by atoms with Gasteiger partial charge in [0.05, 0.1) is 5.56 Å². The Labute approximate surface area is 65.5 Å². The van der Waals surface area contributed by atoms with E-state index in [9.17, 15) is 9.90 Å². The molecule has 0 saturated carbocycles. The summed E-state index contributed by atoms with van der Waals surface area (Å²) in [4.78, 5) is 10.3. The van der Waals surface area contributed by atoms with Crippen molar-refractivity contribution in [1.29, 1.82) is 0 Å². The van der Waals surface area contributed by atoms with Crippen molar-refractivity contribution in [2.45, 2.75) is 13.8 Å². The predicted molar refractivity (Wildman–Crippen MR) is 43.0 cm³/mol. The molecule has 0 atom stereocenters. The van der Waals surface area contributed by atoms with Crippen LogP contribution >= 0.6 is 0 Å². The Balaban J connectivity index is 3.36. The van der Waals surface area contributed by atoms with Crippen LogP contribution in [-0.4, -0.2) is 11.4 Å². The van der Waals surface area contributed by atoms with Crippen LogP contribution < -0.4 is 0 Å². The summed E-state index contributed by atoms with van der Waals surface area (Å²) in [6, 6.07) is 3.43. The first-order chi connectivity index (χ1) is 5.16. The second kappa shape index (κ2) is 2.74. The maximum Gasteiger partial charge on any atom is 0.153 e. The molecule has 0 spiro atoms. The number of aromatic hydroxyl groups is 1. The third kappa shape index (κ3) is 1.24. The van der Waals surface area contributed by atoms with Crippen LogP contribution in [0.4, 0.5) is 0 Å². The second-order valence-electron chi connectivity index (χ2n) is 2.56. The van der Waals surface area contributed by atoms with E-state index in [0.717, 1.165) is 11.1 Å². The Kier molecular flexibility index (Phi) is 1.94. The normalized spacial score (nSPS) is 9.64. The third-order valence-corrected chi connectivity index (χ3v) is 1.86. The average Bonchev–Trinajstić information content (AvgIpc) is 2.01. The van der Waals surface area contributed by atoms with Gasteiger partial charge in [-0.2, -0.15) is 0 Å². The molecule has 0 bridgehead atoms. The first kappa shape index (κ1) is 7.79. The quantitative estimate of drug-likeness (QED) is 0.620. The molecule has 0 amide bonds. The van der Waals surface area contributed by atoms with Crippen LogP contribution in [0.1, 0.15) is 21.5 Å². The highest BCUT2D eigenvalue weighted by Crippen LogP contribution is 2.22. The lowest BCUT2D eigenvalue weighted by Crippen LogP contribution is -1.87. The molecule has 0 fully saturated rings. The van der Waals surface area contributed by atoms with Crippen LogP contribution in [0.3, 0.4) is 0 Å². The Bertz CT molecular complexity index is 290. The molecule has 0 heterocycles. The number of aldehydes is 1. The van der Waals surface area contributed by atoms with Crippen molar-refractivity contribution >= 4 is 6.29 Å². The minimum Gasteiger partial charge on any atom is -0.507 e. The van der Waals surface area contributed by atoms with Crippen LogP contribution in [0, 0.1) is 13.8 Å². The lowest BCUT2D eigenvalue weighted by Gasteiger charge is -2.03. The lowest BCUT2D eigenvalue weighted by molar-refractivity contribution is 0.112. The van der Waals surface area contributed by atoms with E-state index >= 15 is 0 Å². The van der Waals surface area contributed by atoms with Crippen LogP contribution in [0.15, 0.2) is 12.1 Å². The Morgan fingerprint density at radius 3 is 2.55 bits per heavy atom. The van der Waals surface area contributed by atoms with Crippen LogP contribution in [0.2, 0.25) is 0 Å². The van der Waals surface area contributed by atoms with Crippen LogP contribution in [0.25, 0.3) is 0 Å². The predicted octanol–water partition coefficient (Wildman–Crippen LogP) is 1.82. The highest BCUT2D eigenvalue weighted by atomic mass is 16.3. The van der Waals surface area contributed by atoms with E-state index in [1.807, 2.05) is 13.0 Å². The van der Waals surface area contributed by atoms with Gasteiger partial charge in [0.1, 0.15) is 5.75 Å². The third-order valence-electron chi connectivity index (χ3n) is 1.86. The molecular formula is C9H10O2. The highest BCUT2D eigenvalue weighted by Gasteiger charge is 2.03. The molecule has 1 aromatic carbocycles. The molecule has 2 nitrogen and oxygen atoms in total. The number of hydrogen-bond acceptors (Lipinski definition) is 2. The molecule has 1 N–H and O–H groups in total. The molecule has 0 aliphatic heterocycles. The van der Waals surface area contributed by atoms with Gasteiger partial charge in [0.25, 0.3) is 0 Å². The molecule has 0 aromatic heterocycles. The zero-order valence-corrected chi connectivity index (χ0v) is 6.59. The summed E-state index contributed by atoms with van der Waals surface area (Å²) >= 11 is 0. The Morgan fingerprint density at radius 1 is 1.36 bits per heavy atom. The summed E-state index contributed by atoms with van der Waals surface area (Å²) in [5.41, 5.74) is 2.12. The maximum absolute atomic E-state index is 10.3.